The van der Waals surface area contributed by atoms with Crippen LogP contribution in [0.3, 0.4) is 0 Å². The quantitative estimate of drug-likeness (QED) is 0.471. The molecule has 0 aromatic carbocycles. The molecular formula is C14H32N2O2. The normalized spacial score (nSPS) is 11.7. The van der Waals surface area contributed by atoms with Gasteiger partial charge in [-0.25, -0.2) is 0 Å². The van der Waals surface area contributed by atoms with E-state index in [0.29, 0.717) is 0 Å². The fraction of sp³-hybridized carbons (Fsp3) is 1.00. The molecule has 0 aliphatic heterocycles. The van der Waals surface area contributed by atoms with Crippen molar-refractivity contribution in [3.05, 3.63) is 0 Å². The topological polar surface area (TPSA) is 24.9 Å². The Bertz CT molecular complexity index is 146. The molecule has 0 amide bonds. The van der Waals surface area contributed by atoms with Crippen LogP contribution < -0.4 is 0 Å². The summed E-state index contributed by atoms with van der Waals surface area (Å²) >= 11 is 0. The molecule has 0 spiro atoms. The minimum absolute atomic E-state index is 0.870. The Labute approximate surface area is 113 Å². The Morgan fingerprint density at radius 1 is 0.556 bits per heavy atom. The van der Waals surface area contributed by atoms with Crippen LogP contribution in [0.15, 0.2) is 0 Å². The van der Waals surface area contributed by atoms with Crippen LogP contribution in [0, 0.1) is 0 Å². The van der Waals surface area contributed by atoms with Crippen molar-refractivity contribution in [3.63, 3.8) is 0 Å². The van der Waals surface area contributed by atoms with Gasteiger partial charge in [0.2, 0.25) is 0 Å². The van der Waals surface area contributed by atoms with Crippen molar-refractivity contribution in [2.24, 2.45) is 0 Å². The molecule has 0 aromatic rings. The van der Waals surface area contributed by atoms with Crippen LogP contribution >= 0.6 is 0 Å². The molecule has 0 aromatic heterocycles. The van der Waals surface area contributed by atoms with Gasteiger partial charge in [0, 0.05) is 26.4 Å². The molecule has 0 N–H and O–H groups in total. The second kappa shape index (κ2) is 13.3. The molecule has 0 atom stereocenters. The molecule has 4 nitrogen and oxygen atoms in total. The van der Waals surface area contributed by atoms with Gasteiger partial charge in [0.1, 0.15) is 0 Å². The van der Waals surface area contributed by atoms with Gasteiger partial charge in [0.05, 0.1) is 0 Å². The highest BCUT2D eigenvalue weighted by Gasteiger charge is 1.94. The molecule has 0 saturated heterocycles. The van der Waals surface area contributed by atoms with Crippen LogP contribution in [-0.4, -0.2) is 77.5 Å². The van der Waals surface area contributed by atoms with Gasteiger partial charge in [-0.1, -0.05) is 0 Å². The summed E-state index contributed by atoms with van der Waals surface area (Å²) in [6.07, 6.45) is 4.45. The number of ether oxygens (including phenoxy) is 2. The molecule has 0 aliphatic carbocycles. The van der Waals surface area contributed by atoms with E-state index in [1.165, 1.54) is 0 Å². The Kier molecular flexibility index (Phi) is 13.2. The molecule has 0 heterocycles. The van der Waals surface area contributed by atoms with Crippen LogP contribution in [0.1, 0.15) is 25.7 Å². The second-order valence-electron chi connectivity index (χ2n) is 5.25. The van der Waals surface area contributed by atoms with Crippen LogP contribution in [0.2, 0.25) is 0 Å². The average molecular weight is 260 g/mol. The highest BCUT2D eigenvalue weighted by atomic mass is 16.5. The van der Waals surface area contributed by atoms with Crippen molar-refractivity contribution < 1.29 is 9.47 Å². The van der Waals surface area contributed by atoms with Gasteiger partial charge in [0.25, 0.3) is 0 Å². The summed E-state index contributed by atoms with van der Waals surface area (Å²) in [6, 6.07) is 0. The van der Waals surface area contributed by atoms with E-state index in [0.717, 1.165) is 65.2 Å². The molecule has 0 rings (SSSR count). The fourth-order valence-corrected chi connectivity index (χ4v) is 1.58. The van der Waals surface area contributed by atoms with Crippen LogP contribution in [0.25, 0.3) is 0 Å². The maximum Gasteiger partial charge on any atom is 0.0478 e. The van der Waals surface area contributed by atoms with Gasteiger partial charge in [-0.2, -0.15) is 0 Å². The molecule has 0 aliphatic rings. The monoisotopic (exact) mass is 260 g/mol. The lowest BCUT2D eigenvalue weighted by molar-refractivity contribution is 0.0963. The zero-order chi connectivity index (χ0) is 13.6. The summed E-state index contributed by atoms with van der Waals surface area (Å²) in [4.78, 5) is 4.37. The second-order valence-corrected chi connectivity index (χ2v) is 5.25. The standard InChI is InChI=1S/C14H32N2O2/c1-15(2)9-7-13-17-11-5-6-12-18-14-8-10-16(3)4/h5-14H2,1-4H3. The first-order valence-corrected chi connectivity index (χ1v) is 7.08. The lowest BCUT2D eigenvalue weighted by atomic mass is 10.3. The highest BCUT2D eigenvalue weighted by Crippen LogP contribution is 1.94. The van der Waals surface area contributed by atoms with E-state index in [4.69, 9.17) is 9.47 Å². The molecule has 18 heavy (non-hydrogen) atoms. The number of hydrogen-bond acceptors (Lipinski definition) is 4. The first-order valence-electron chi connectivity index (χ1n) is 7.08. The third kappa shape index (κ3) is 15.8. The minimum Gasteiger partial charge on any atom is -0.381 e. The number of nitrogens with zero attached hydrogens (tertiary/aromatic N) is 2. The van der Waals surface area contributed by atoms with Crippen LogP contribution in [0.4, 0.5) is 0 Å². The Hall–Kier alpha value is -0.160. The molecule has 0 fully saturated rings. The molecule has 0 unspecified atom stereocenters. The van der Waals surface area contributed by atoms with E-state index >= 15 is 0 Å². The Morgan fingerprint density at radius 3 is 1.22 bits per heavy atom. The summed E-state index contributed by atoms with van der Waals surface area (Å²) in [5, 5.41) is 0. The third-order valence-electron chi connectivity index (χ3n) is 2.62. The maximum absolute atomic E-state index is 5.55. The predicted molar refractivity (Wildman–Crippen MR) is 77.2 cm³/mol. The van der Waals surface area contributed by atoms with Gasteiger partial charge in [-0.05, 0) is 67.0 Å². The van der Waals surface area contributed by atoms with E-state index in [9.17, 15) is 0 Å². The lowest BCUT2D eigenvalue weighted by Gasteiger charge is -2.10. The van der Waals surface area contributed by atoms with Crippen LogP contribution in [0.5, 0.6) is 0 Å². The van der Waals surface area contributed by atoms with E-state index in [-0.39, 0.29) is 0 Å². The highest BCUT2D eigenvalue weighted by molar-refractivity contribution is 4.45. The molecule has 0 saturated carbocycles. The van der Waals surface area contributed by atoms with Crippen molar-refractivity contribution in [2.45, 2.75) is 25.7 Å². The summed E-state index contributed by atoms with van der Waals surface area (Å²) in [6.45, 7) is 5.71. The first-order chi connectivity index (χ1) is 8.63. The van der Waals surface area contributed by atoms with Gasteiger partial charge in [0.15, 0.2) is 0 Å². The van der Waals surface area contributed by atoms with Crippen molar-refractivity contribution in [1.29, 1.82) is 0 Å². The van der Waals surface area contributed by atoms with Gasteiger partial charge < -0.3 is 19.3 Å². The summed E-state index contributed by atoms with van der Waals surface area (Å²) in [5.74, 6) is 0. The maximum atomic E-state index is 5.55. The predicted octanol–water partition coefficient (Wildman–Crippen LogP) is 1.70. The smallest absolute Gasteiger partial charge is 0.0478 e. The summed E-state index contributed by atoms with van der Waals surface area (Å²) in [5.41, 5.74) is 0. The largest absolute Gasteiger partial charge is 0.381 e. The first kappa shape index (κ1) is 17.8. The van der Waals surface area contributed by atoms with Crippen molar-refractivity contribution in [2.75, 3.05) is 67.7 Å². The lowest BCUT2D eigenvalue weighted by Crippen LogP contribution is -2.15. The van der Waals surface area contributed by atoms with Crippen molar-refractivity contribution in [3.8, 4) is 0 Å². The average Bonchev–Trinajstić information content (AvgIpc) is 2.29. The molecular weight excluding hydrogens is 228 g/mol. The third-order valence-corrected chi connectivity index (χ3v) is 2.62. The fourth-order valence-electron chi connectivity index (χ4n) is 1.58. The van der Waals surface area contributed by atoms with Crippen molar-refractivity contribution in [1.82, 2.24) is 9.80 Å². The summed E-state index contributed by atoms with van der Waals surface area (Å²) in [7, 11) is 8.36. The summed E-state index contributed by atoms with van der Waals surface area (Å²) < 4.78 is 11.1. The molecule has 110 valence electrons. The van der Waals surface area contributed by atoms with E-state index in [1.54, 1.807) is 0 Å². The number of unbranched alkanes of at least 4 members (excludes halogenated alkanes) is 1. The van der Waals surface area contributed by atoms with Crippen molar-refractivity contribution >= 4 is 0 Å². The minimum atomic E-state index is 0.870. The molecule has 4 heteroatoms. The van der Waals surface area contributed by atoms with Gasteiger partial charge in [-0.3, -0.25) is 0 Å². The number of rotatable bonds is 13. The van der Waals surface area contributed by atoms with Gasteiger partial charge in [-0.15, -0.1) is 0 Å². The number of hydrogen-bond donors (Lipinski definition) is 0. The van der Waals surface area contributed by atoms with Gasteiger partial charge >= 0.3 is 0 Å². The molecule has 0 bridgehead atoms. The van der Waals surface area contributed by atoms with E-state index < -0.39 is 0 Å². The van der Waals surface area contributed by atoms with E-state index in [1.807, 2.05) is 0 Å². The van der Waals surface area contributed by atoms with Crippen LogP contribution in [-0.2, 0) is 9.47 Å². The molecule has 0 radical (unpaired) electrons. The Morgan fingerprint density at radius 2 is 0.889 bits per heavy atom. The zero-order valence-corrected chi connectivity index (χ0v) is 12.8. The SMILES string of the molecule is CN(C)CCCOCCCCOCCCN(C)C. The Balaban J connectivity index is 2.95. The zero-order valence-electron chi connectivity index (χ0n) is 12.8. The van der Waals surface area contributed by atoms with E-state index in [2.05, 4.69) is 38.0 Å².